The van der Waals surface area contributed by atoms with E-state index in [2.05, 4.69) is 6.07 Å². The molecule has 0 aromatic heterocycles. The van der Waals surface area contributed by atoms with Crippen molar-refractivity contribution in [2.24, 2.45) is 5.73 Å². The summed E-state index contributed by atoms with van der Waals surface area (Å²) in [5, 5.41) is 0.722. The molecule has 0 spiro atoms. The highest BCUT2D eigenvalue weighted by molar-refractivity contribution is 6.30. The lowest BCUT2D eigenvalue weighted by molar-refractivity contribution is 0.410. The second kappa shape index (κ2) is 7.39. The van der Waals surface area contributed by atoms with Crippen molar-refractivity contribution in [2.75, 3.05) is 7.11 Å². The molecular weight excluding hydrogens is 281 g/mol. The van der Waals surface area contributed by atoms with Gasteiger partial charge in [0.25, 0.3) is 0 Å². The van der Waals surface area contributed by atoms with Crippen molar-refractivity contribution in [3.8, 4) is 5.75 Å². The topological polar surface area (TPSA) is 35.2 Å². The van der Waals surface area contributed by atoms with Crippen LogP contribution in [0.2, 0.25) is 5.02 Å². The van der Waals surface area contributed by atoms with Crippen LogP contribution in [0.1, 0.15) is 16.7 Å². The molecule has 2 N–H and O–H groups in total. The van der Waals surface area contributed by atoms with Crippen molar-refractivity contribution >= 4 is 24.0 Å². The van der Waals surface area contributed by atoms with Gasteiger partial charge in [0.15, 0.2) is 0 Å². The van der Waals surface area contributed by atoms with Gasteiger partial charge in [-0.25, -0.2) is 0 Å². The van der Waals surface area contributed by atoms with Crippen LogP contribution >= 0.6 is 24.0 Å². The van der Waals surface area contributed by atoms with Gasteiger partial charge in [0, 0.05) is 18.0 Å². The molecule has 0 saturated carbocycles. The number of hydrogen-bond donors (Lipinski definition) is 1. The summed E-state index contributed by atoms with van der Waals surface area (Å²) in [6, 6.07) is 13.8. The van der Waals surface area contributed by atoms with Crippen molar-refractivity contribution in [2.45, 2.75) is 13.0 Å². The molecule has 2 nitrogen and oxygen atoms in total. The van der Waals surface area contributed by atoms with Crippen molar-refractivity contribution in [1.29, 1.82) is 0 Å². The van der Waals surface area contributed by atoms with Crippen LogP contribution in [-0.4, -0.2) is 7.11 Å². The van der Waals surface area contributed by atoms with E-state index in [9.17, 15) is 0 Å². The van der Waals surface area contributed by atoms with E-state index in [1.54, 1.807) is 7.11 Å². The summed E-state index contributed by atoms with van der Waals surface area (Å²) in [6.45, 7) is 0.491. The first kappa shape index (κ1) is 15.8. The maximum absolute atomic E-state index is 5.98. The average molecular weight is 298 g/mol. The van der Waals surface area contributed by atoms with Gasteiger partial charge in [-0.1, -0.05) is 35.9 Å². The minimum absolute atomic E-state index is 0. The third-order valence-electron chi connectivity index (χ3n) is 2.96. The molecule has 0 aliphatic heterocycles. The Labute approximate surface area is 124 Å². The number of hydrogen-bond acceptors (Lipinski definition) is 2. The fourth-order valence-electron chi connectivity index (χ4n) is 2.01. The van der Waals surface area contributed by atoms with Gasteiger partial charge >= 0.3 is 0 Å². The fourth-order valence-corrected chi connectivity index (χ4v) is 2.21. The summed E-state index contributed by atoms with van der Waals surface area (Å²) in [5.41, 5.74) is 9.17. The number of rotatable bonds is 4. The van der Waals surface area contributed by atoms with Gasteiger partial charge in [-0.2, -0.15) is 0 Å². The van der Waals surface area contributed by atoms with Crippen LogP contribution < -0.4 is 10.5 Å². The maximum atomic E-state index is 5.98. The molecule has 102 valence electrons. The highest BCUT2D eigenvalue weighted by Gasteiger charge is 2.07. The van der Waals surface area contributed by atoms with Crippen molar-refractivity contribution in [3.63, 3.8) is 0 Å². The Morgan fingerprint density at radius 2 is 1.79 bits per heavy atom. The van der Waals surface area contributed by atoms with E-state index in [1.165, 1.54) is 5.56 Å². The lowest BCUT2D eigenvalue weighted by Crippen LogP contribution is -2.03. The monoisotopic (exact) mass is 297 g/mol. The molecule has 4 heteroatoms. The van der Waals surface area contributed by atoms with Gasteiger partial charge in [-0.3, -0.25) is 0 Å². The van der Waals surface area contributed by atoms with E-state index in [1.807, 2.05) is 36.4 Å². The summed E-state index contributed by atoms with van der Waals surface area (Å²) in [6.07, 6.45) is 0.799. The molecule has 0 radical (unpaired) electrons. The normalized spacial score (nSPS) is 9.84. The lowest BCUT2D eigenvalue weighted by Gasteiger charge is -2.11. The summed E-state index contributed by atoms with van der Waals surface area (Å²) < 4.78 is 5.36. The van der Waals surface area contributed by atoms with Crippen molar-refractivity contribution < 1.29 is 4.74 Å². The highest BCUT2D eigenvalue weighted by Crippen LogP contribution is 2.24. The molecule has 0 unspecified atom stereocenters. The van der Waals surface area contributed by atoms with Crippen LogP contribution in [-0.2, 0) is 13.0 Å². The maximum Gasteiger partial charge on any atom is 0.122 e. The molecule has 2 aromatic rings. The van der Waals surface area contributed by atoms with E-state index >= 15 is 0 Å². The molecule has 19 heavy (non-hydrogen) atoms. The molecule has 0 aliphatic carbocycles. The molecule has 0 aliphatic rings. The first-order chi connectivity index (χ1) is 8.74. The minimum Gasteiger partial charge on any atom is -0.496 e. The van der Waals surface area contributed by atoms with Gasteiger partial charge in [-0.05, 0) is 34.9 Å². The van der Waals surface area contributed by atoms with Crippen molar-refractivity contribution in [1.82, 2.24) is 0 Å². The number of ether oxygens (including phenoxy) is 1. The van der Waals surface area contributed by atoms with E-state index in [-0.39, 0.29) is 12.4 Å². The lowest BCUT2D eigenvalue weighted by atomic mass is 9.99. The molecule has 0 amide bonds. The van der Waals surface area contributed by atoms with Crippen LogP contribution in [0.25, 0.3) is 0 Å². The second-order valence-electron chi connectivity index (χ2n) is 4.11. The van der Waals surface area contributed by atoms with Gasteiger partial charge in [-0.15, -0.1) is 12.4 Å². The predicted octanol–water partition coefficient (Wildman–Crippen LogP) is 3.82. The fraction of sp³-hybridized carbons (Fsp3) is 0.200. The Kier molecular flexibility index (Phi) is 6.16. The smallest absolute Gasteiger partial charge is 0.122 e. The summed E-state index contributed by atoms with van der Waals surface area (Å²) >= 11 is 5.98. The Bertz CT molecular complexity index is 543. The second-order valence-corrected chi connectivity index (χ2v) is 4.54. The van der Waals surface area contributed by atoms with Crippen LogP contribution in [0.15, 0.2) is 42.5 Å². The number of methoxy groups -OCH3 is 1. The quantitative estimate of drug-likeness (QED) is 0.931. The van der Waals surface area contributed by atoms with Crippen LogP contribution in [0, 0.1) is 0 Å². The number of nitrogens with two attached hydrogens (primary N) is 1. The van der Waals surface area contributed by atoms with Crippen molar-refractivity contribution in [3.05, 3.63) is 64.2 Å². The third-order valence-corrected chi connectivity index (χ3v) is 3.20. The standard InChI is InChI=1S/C15H16ClNO.ClH/c1-18-15-5-3-2-4-12(15)8-11-6-7-14(16)9-13(11)10-17;/h2-7,9H,8,10,17H2,1H3;1H. The van der Waals surface area contributed by atoms with Crippen LogP contribution in [0.5, 0.6) is 5.75 Å². The molecule has 2 aromatic carbocycles. The molecule has 2 rings (SSSR count). The Hall–Kier alpha value is -1.22. The Balaban J connectivity index is 0.00000180. The van der Waals surface area contributed by atoms with E-state index in [4.69, 9.17) is 22.1 Å². The third kappa shape index (κ3) is 3.87. The van der Waals surface area contributed by atoms with Crippen LogP contribution in [0.3, 0.4) is 0 Å². The minimum atomic E-state index is 0. The average Bonchev–Trinajstić information content (AvgIpc) is 2.41. The zero-order chi connectivity index (χ0) is 13.0. The molecular formula is C15H17Cl2NO. The summed E-state index contributed by atoms with van der Waals surface area (Å²) in [7, 11) is 1.69. The summed E-state index contributed by atoms with van der Waals surface area (Å²) in [4.78, 5) is 0. The SMILES string of the molecule is COc1ccccc1Cc1ccc(Cl)cc1CN.Cl. The van der Waals surface area contributed by atoms with E-state index in [0.717, 1.165) is 28.3 Å². The van der Waals surface area contributed by atoms with Gasteiger partial charge in [0.2, 0.25) is 0 Å². The van der Waals surface area contributed by atoms with Gasteiger partial charge in [0.1, 0.15) is 5.75 Å². The molecule has 0 saturated heterocycles. The first-order valence-corrected chi connectivity index (χ1v) is 6.21. The number of benzene rings is 2. The molecule has 0 fully saturated rings. The Morgan fingerprint density at radius 1 is 1.05 bits per heavy atom. The van der Waals surface area contributed by atoms with Gasteiger partial charge in [0.05, 0.1) is 7.11 Å². The van der Waals surface area contributed by atoms with E-state index < -0.39 is 0 Å². The zero-order valence-electron chi connectivity index (χ0n) is 10.7. The first-order valence-electron chi connectivity index (χ1n) is 5.84. The number of halogens is 2. The molecule has 0 atom stereocenters. The predicted molar refractivity (Wildman–Crippen MR) is 82.4 cm³/mol. The largest absolute Gasteiger partial charge is 0.496 e. The highest BCUT2D eigenvalue weighted by atomic mass is 35.5. The van der Waals surface area contributed by atoms with Crippen LogP contribution in [0.4, 0.5) is 0 Å². The summed E-state index contributed by atoms with van der Waals surface area (Å²) in [5.74, 6) is 0.899. The van der Waals surface area contributed by atoms with E-state index in [0.29, 0.717) is 6.54 Å². The Morgan fingerprint density at radius 3 is 2.47 bits per heavy atom. The molecule has 0 bridgehead atoms. The number of para-hydroxylation sites is 1. The zero-order valence-corrected chi connectivity index (χ0v) is 12.3. The van der Waals surface area contributed by atoms with Gasteiger partial charge < -0.3 is 10.5 Å². The molecule has 0 heterocycles.